The zero-order valence-corrected chi connectivity index (χ0v) is 17.3. The molecule has 1 fully saturated rings. The molecule has 0 saturated carbocycles. The van der Waals surface area contributed by atoms with Crippen LogP contribution in [0.5, 0.6) is 5.75 Å². The molecule has 1 saturated heterocycles. The second-order valence-corrected chi connectivity index (χ2v) is 7.59. The van der Waals surface area contributed by atoms with Gasteiger partial charge in [0.05, 0.1) is 26.7 Å². The van der Waals surface area contributed by atoms with E-state index in [0.717, 1.165) is 18.7 Å². The molecule has 8 heteroatoms. The number of carbonyl (C=O) groups excluding carboxylic acids is 1. The van der Waals surface area contributed by atoms with Crippen LogP contribution in [-0.4, -0.2) is 43.6 Å². The lowest BCUT2D eigenvalue weighted by atomic mass is 10.2. The molecule has 28 heavy (non-hydrogen) atoms. The summed E-state index contributed by atoms with van der Waals surface area (Å²) >= 11 is 18.0. The van der Waals surface area contributed by atoms with Crippen LogP contribution in [0.4, 0.5) is 5.69 Å². The molecular formula is C20H18Cl3N3O2. The van der Waals surface area contributed by atoms with E-state index in [2.05, 4.69) is 11.0 Å². The van der Waals surface area contributed by atoms with E-state index in [1.807, 2.05) is 12.1 Å². The predicted molar refractivity (Wildman–Crippen MR) is 112 cm³/mol. The number of ether oxygens (including phenoxy) is 1. The minimum atomic E-state index is -0.117. The zero-order valence-electron chi connectivity index (χ0n) is 15.0. The summed E-state index contributed by atoms with van der Waals surface area (Å²) in [5.74, 6) is 0.224. The quantitative estimate of drug-likeness (QED) is 0.653. The highest BCUT2D eigenvalue weighted by Gasteiger charge is 2.20. The van der Waals surface area contributed by atoms with E-state index in [9.17, 15) is 4.79 Å². The second kappa shape index (κ2) is 9.38. The van der Waals surface area contributed by atoms with E-state index in [1.165, 1.54) is 12.1 Å². The van der Waals surface area contributed by atoms with Crippen molar-refractivity contribution < 1.29 is 9.53 Å². The molecule has 3 rings (SSSR count). The van der Waals surface area contributed by atoms with Gasteiger partial charge in [-0.3, -0.25) is 4.79 Å². The molecule has 0 atom stereocenters. The van der Waals surface area contributed by atoms with Crippen molar-refractivity contribution in [2.75, 3.05) is 37.7 Å². The molecule has 1 amide bonds. The number of halogens is 3. The molecule has 5 nitrogen and oxygen atoms in total. The van der Waals surface area contributed by atoms with Crippen LogP contribution < -0.4 is 9.64 Å². The van der Waals surface area contributed by atoms with Crippen LogP contribution in [-0.2, 0) is 4.79 Å². The van der Waals surface area contributed by atoms with Crippen LogP contribution in [0, 0.1) is 11.3 Å². The van der Waals surface area contributed by atoms with Crippen LogP contribution in [0.1, 0.15) is 12.0 Å². The Morgan fingerprint density at radius 2 is 1.71 bits per heavy atom. The Bertz CT molecular complexity index is 897. The number of benzene rings is 2. The van der Waals surface area contributed by atoms with Gasteiger partial charge in [-0.05, 0) is 36.8 Å². The molecule has 0 spiro atoms. The topological polar surface area (TPSA) is 56.6 Å². The Balaban J connectivity index is 1.57. The summed E-state index contributed by atoms with van der Waals surface area (Å²) in [5.41, 5.74) is 1.68. The number of nitriles is 1. The van der Waals surface area contributed by atoms with Crippen LogP contribution in [0.15, 0.2) is 36.4 Å². The van der Waals surface area contributed by atoms with Gasteiger partial charge in [0.25, 0.3) is 5.91 Å². The SMILES string of the molecule is N#Cc1ccc(N2CCCN(C(=O)COc3cc(Cl)c(Cl)cc3Cl)CC2)cc1. The molecule has 2 aromatic rings. The molecule has 2 aromatic carbocycles. The standard InChI is InChI=1S/C20H18Cl3N3O2/c21-16-10-18(23)19(11-17(16)22)28-13-20(27)26-7-1-6-25(8-9-26)15-4-2-14(12-24)3-5-15/h2-5,10-11H,1,6-9,13H2. The van der Waals surface area contributed by atoms with Gasteiger partial charge in [-0.15, -0.1) is 0 Å². The first-order valence-corrected chi connectivity index (χ1v) is 9.91. The summed E-state index contributed by atoms with van der Waals surface area (Å²) in [6.07, 6.45) is 0.846. The van der Waals surface area contributed by atoms with Gasteiger partial charge in [0.15, 0.2) is 6.61 Å². The first-order chi connectivity index (χ1) is 13.5. The van der Waals surface area contributed by atoms with E-state index in [0.29, 0.717) is 46.0 Å². The molecule has 0 bridgehead atoms. The summed E-state index contributed by atoms with van der Waals surface area (Å²) in [5, 5.41) is 9.88. The summed E-state index contributed by atoms with van der Waals surface area (Å²) in [4.78, 5) is 16.6. The average molecular weight is 439 g/mol. The highest BCUT2D eigenvalue weighted by molar-refractivity contribution is 6.43. The normalized spacial score (nSPS) is 14.4. The molecule has 1 heterocycles. The largest absolute Gasteiger partial charge is 0.482 e. The Hall–Kier alpha value is -2.13. The van der Waals surface area contributed by atoms with E-state index in [1.54, 1.807) is 17.0 Å². The van der Waals surface area contributed by atoms with E-state index in [4.69, 9.17) is 44.8 Å². The third-order valence-corrected chi connectivity index (χ3v) is 5.55. The predicted octanol–water partition coefficient (Wildman–Crippen LogP) is 4.64. The highest BCUT2D eigenvalue weighted by Crippen LogP contribution is 2.33. The molecule has 0 N–H and O–H groups in total. The second-order valence-electron chi connectivity index (χ2n) is 6.37. The minimum Gasteiger partial charge on any atom is -0.482 e. The molecule has 146 valence electrons. The van der Waals surface area contributed by atoms with Crippen molar-refractivity contribution in [3.05, 3.63) is 57.0 Å². The van der Waals surface area contributed by atoms with Crippen LogP contribution in [0.2, 0.25) is 15.1 Å². The fourth-order valence-electron chi connectivity index (χ4n) is 3.02. The molecule has 0 radical (unpaired) electrons. The monoisotopic (exact) mass is 437 g/mol. The van der Waals surface area contributed by atoms with Gasteiger partial charge < -0.3 is 14.5 Å². The average Bonchev–Trinajstić information content (AvgIpc) is 2.96. The summed E-state index contributed by atoms with van der Waals surface area (Å²) < 4.78 is 5.55. The smallest absolute Gasteiger partial charge is 0.260 e. The van der Waals surface area contributed by atoms with Gasteiger partial charge >= 0.3 is 0 Å². The fraction of sp³-hybridized carbons (Fsp3) is 0.300. The van der Waals surface area contributed by atoms with Gasteiger partial charge in [0, 0.05) is 37.9 Å². The fourth-order valence-corrected chi connectivity index (χ4v) is 3.61. The maximum absolute atomic E-state index is 12.6. The van der Waals surface area contributed by atoms with Gasteiger partial charge in [-0.25, -0.2) is 0 Å². The molecule has 0 unspecified atom stereocenters. The van der Waals surface area contributed by atoms with Crippen molar-refractivity contribution in [3.8, 4) is 11.8 Å². The van der Waals surface area contributed by atoms with Crippen LogP contribution in [0.3, 0.4) is 0 Å². The van der Waals surface area contributed by atoms with Gasteiger partial charge in [0.1, 0.15) is 5.75 Å². The van der Waals surface area contributed by atoms with Crippen LogP contribution >= 0.6 is 34.8 Å². The number of carbonyl (C=O) groups is 1. The Kier molecular flexibility index (Phi) is 6.90. The third-order valence-electron chi connectivity index (χ3n) is 4.54. The zero-order chi connectivity index (χ0) is 20.1. The molecule has 1 aliphatic rings. The number of hydrogen-bond acceptors (Lipinski definition) is 4. The number of amides is 1. The lowest BCUT2D eigenvalue weighted by Gasteiger charge is -2.24. The molecule has 0 aromatic heterocycles. The number of anilines is 1. The maximum atomic E-state index is 12.6. The summed E-state index contributed by atoms with van der Waals surface area (Å²) in [6.45, 7) is 2.69. The lowest BCUT2D eigenvalue weighted by Crippen LogP contribution is -2.38. The van der Waals surface area contributed by atoms with Crippen molar-refractivity contribution in [2.45, 2.75) is 6.42 Å². The lowest BCUT2D eigenvalue weighted by molar-refractivity contribution is -0.133. The van der Waals surface area contributed by atoms with Gasteiger partial charge in [-0.2, -0.15) is 5.26 Å². The highest BCUT2D eigenvalue weighted by atomic mass is 35.5. The first kappa shape index (κ1) is 20.6. The van der Waals surface area contributed by atoms with Gasteiger partial charge in [0.2, 0.25) is 0 Å². The Morgan fingerprint density at radius 1 is 1.00 bits per heavy atom. The first-order valence-electron chi connectivity index (χ1n) is 8.78. The Morgan fingerprint density at radius 3 is 2.43 bits per heavy atom. The summed E-state index contributed by atoms with van der Waals surface area (Å²) in [7, 11) is 0. The summed E-state index contributed by atoms with van der Waals surface area (Å²) in [6, 6.07) is 12.6. The number of hydrogen-bond donors (Lipinski definition) is 0. The number of nitrogens with zero attached hydrogens (tertiary/aromatic N) is 3. The van der Waals surface area contributed by atoms with Crippen molar-refractivity contribution in [1.29, 1.82) is 5.26 Å². The minimum absolute atomic E-state index is 0.108. The third kappa shape index (κ3) is 5.02. The molecule has 0 aliphatic carbocycles. The maximum Gasteiger partial charge on any atom is 0.260 e. The van der Waals surface area contributed by atoms with E-state index in [-0.39, 0.29) is 12.5 Å². The van der Waals surface area contributed by atoms with Crippen molar-refractivity contribution >= 4 is 46.4 Å². The van der Waals surface area contributed by atoms with E-state index >= 15 is 0 Å². The molecule has 1 aliphatic heterocycles. The van der Waals surface area contributed by atoms with Gasteiger partial charge in [-0.1, -0.05) is 34.8 Å². The Labute approximate surface area is 178 Å². The molecular weight excluding hydrogens is 421 g/mol. The van der Waals surface area contributed by atoms with E-state index < -0.39 is 0 Å². The van der Waals surface area contributed by atoms with Crippen LogP contribution in [0.25, 0.3) is 0 Å². The van der Waals surface area contributed by atoms with Crippen molar-refractivity contribution in [1.82, 2.24) is 4.90 Å². The van der Waals surface area contributed by atoms with Crippen molar-refractivity contribution in [3.63, 3.8) is 0 Å². The number of rotatable bonds is 4. The van der Waals surface area contributed by atoms with Crippen molar-refractivity contribution in [2.24, 2.45) is 0 Å².